The number of aromatic amines is 1. The van der Waals surface area contributed by atoms with Crippen LogP contribution in [0.2, 0.25) is 0 Å². The van der Waals surface area contributed by atoms with Gasteiger partial charge in [0.15, 0.2) is 11.3 Å². The summed E-state index contributed by atoms with van der Waals surface area (Å²) in [5, 5.41) is 12.4. The second kappa shape index (κ2) is 5.77. The third-order valence-electron chi connectivity index (χ3n) is 6.17. The van der Waals surface area contributed by atoms with Gasteiger partial charge in [-0.1, -0.05) is 24.6 Å². The molecule has 4 rings (SSSR count). The first-order chi connectivity index (χ1) is 11.9. The molecule has 1 aliphatic carbocycles. The van der Waals surface area contributed by atoms with Gasteiger partial charge in [0.1, 0.15) is 0 Å². The number of fused-ring (bicyclic) bond motifs is 1. The highest BCUT2D eigenvalue weighted by Crippen LogP contribution is 2.46. The monoisotopic (exact) mass is 342 g/mol. The molecule has 1 atom stereocenters. The second-order valence-electron chi connectivity index (χ2n) is 7.62. The number of aryl methyl sites for hydroxylation is 1. The largest absolute Gasteiger partial charge is 0.438 e. The van der Waals surface area contributed by atoms with Crippen molar-refractivity contribution in [3.63, 3.8) is 0 Å². The second-order valence-corrected chi connectivity index (χ2v) is 7.62. The number of aromatic nitrogens is 1. The molecule has 0 unspecified atom stereocenters. The summed E-state index contributed by atoms with van der Waals surface area (Å²) in [6.45, 7) is 4.25. The number of rotatable bonds is 3. The molecule has 2 heterocycles. The molecule has 1 amide bonds. The van der Waals surface area contributed by atoms with Crippen LogP contribution in [0.15, 0.2) is 24.3 Å². The van der Waals surface area contributed by atoms with Gasteiger partial charge in [-0.15, -0.1) is 0 Å². The van der Waals surface area contributed by atoms with E-state index in [0.29, 0.717) is 13.0 Å². The summed E-state index contributed by atoms with van der Waals surface area (Å²) in [7, 11) is 0. The summed E-state index contributed by atoms with van der Waals surface area (Å²) in [6.07, 6.45) is 4.94. The molecule has 2 aliphatic rings. The minimum absolute atomic E-state index is 0.385. The molecular formula is C20H26N2O3. The molecule has 0 radical (unpaired) electrons. The molecule has 2 aromatic rings. The molecule has 134 valence electrons. The maximum Gasteiger partial charge on any atom is 0.412 e. The minimum Gasteiger partial charge on any atom is -0.438 e. The van der Waals surface area contributed by atoms with Crippen LogP contribution < -0.4 is 0 Å². The minimum atomic E-state index is -1.25. The fourth-order valence-corrected chi connectivity index (χ4v) is 4.63. The summed E-state index contributed by atoms with van der Waals surface area (Å²) < 4.78 is 5.73. The highest BCUT2D eigenvalue weighted by molar-refractivity contribution is 5.84. The van der Waals surface area contributed by atoms with E-state index < -0.39 is 11.3 Å². The van der Waals surface area contributed by atoms with Crippen LogP contribution in [0.4, 0.5) is 4.79 Å². The molecule has 0 bridgehead atoms. The number of ether oxygens (including phenoxy) is 1. The Hall–Kier alpha value is -2.01. The van der Waals surface area contributed by atoms with E-state index in [1.54, 1.807) is 6.92 Å². The van der Waals surface area contributed by atoms with E-state index in [4.69, 9.17) is 4.74 Å². The Balaban J connectivity index is 1.58. The molecule has 5 heteroatoms. The van der Waals surface area contributed by atoms with E-state index in [1.165, 1.54) is 15.8 Å². The first-order valence-corrected chi connectivity index (χ1v) is 9.24. The van der Waals surface area contributed by atoms with Gasteiger partial charge >= 0.3 is 6.09 Å². The fraction of sp³-hybridized carbons (Fsp3) is 0.550. The Morgan fingerprint density at radius 3 is 2.72 bits per heavy atom. The Morgan fingerprint density at radius 2 is 1.96 bits per heavy atom. The lowest BCUT2D eigenvalue weighted by molar-refractivity contribution is -0.158. The van der Waals surface area contributed by atoms with E-state index in [9.17, 15) is 9.90 Å². The number of hydrogen-bond donors (Lipinski definition) is 2. The van der Waals surface area contributed by atoms with Gasteiger partial charge < -0.3 is 14.8 Å². The molecule has 25 heavy (non-hydrogen) atoms. The number of benzene rings is 1. The lowest BCUT2D eigenvalue weighted by Crippen LogP contribution is -2.57. The van der Waals surface area contributed by atoms with Gasteiger partial charge in [-0.05, 0) is 57.6 Å². The lowest BCUT2D eigenvalue weighted by atomic mass is 9.77. The average molecular weight is 342 g/mol. The zero-order valence-corrected chi connectivity index (χ0v) is 15.0. The molecule has 1 spiro atoms. The van der Waals surface area contributed by atoms with Crippen molar-refractivity contribution >= 4 is 17.0 Å². The quantitative estimate of drug-likeness (QED) is 0.889. The van der Waals surface area contributed by atoms with Crippen LogP contribution in [0.1, 0.15) is 50.3 Å². The molecular weight excluding hydrogens is 316 g/mol. The first-order valence-electron chi connectivity index (χ1n) is 9.24. The smallest absolute Gasteiger partial charge is 0.412 e. The molecule has 1 aromatic heterocycles. The van der Waals surface area contributed by atoms with E-state index in [0.717, 1.165) is 43.3 Å². The molecule has 1 saturated heterocycles. The van der Waals surface area contributed by atoms with Crippen LogP contribution in [0.25, 0.3) is 10.9 Å². The lowest BCUT2D eigenvalue weighted by Gasteiger charge is -2.42. The predicted octanol–water partition coefficient (Wildman–Crippen LogP) is 3.88. The van der Waals surface area contributed by atoms with Crippen molar-refractivity contribution in [1.82, 2.24) is 9.88 Å². The number of aliphatic hydroxyl groups is 1. The van der Waals surface area contributed by atoms with Crippen LogP contribution >= 0.6 is 0 Å². The zero-order valence-electron chi connectivity index (χ0n) is 15.0. The molecule has 1 saturated carbocycles. The van der Waals surface area contributed by atoms with Crippen molar-refractivity contribution in [3.05, 3.63) is 35.5 Å². The number of carbonyl (C=O) groups is 1. The van der Waals surface area contributed by atoms with Crippen molar-refractivity contribution < 1.29 is 14.6 Å². The summed E-state index contributed by atoms with van der Waals surface area (Å²) in [4.78, 5) is 17.4. The number of amides is 1. The number of hydrogen-bond acceptors (Lipinski definition) is 3. The molecule has 2 N–H and O–H groups in total. The summed E-state index contributed by atoms with van der Waals surface area (Å²) in [5.74, 6) is 0. The van der Waals surface area contributed by atoms with Crippen molar-refractivity contribution in [3.8, 4) is 0 Å². The third kappa shape index (κ3) is 2.44. The highest BCUT2D eigenvalue weighted by atomic mass is 16.6. The number of carbonyl (C=O) groups excluding carboxylic acids is 1. The fourth-order valence-electron chi connectivity index (χ4n) is 4.63. The molecule has 5 nitrogen and oxygen atoms in total. The van der Waals surface area contributed by atoms with E-state index >= 15 is 0 Å². The maximum atomic E-state index is 12.5. The number of nitrogens with one attached hydrogen (secondary N) is 1. The molecule has 1 aliphatic heterocycles. The Kier molecular flexibility index (Phi) is 3.80. The van der Waals surface area contributed by atoms with Gasteiger partial charge in [-0.2, -0.15) is 0 Å². The van der Waals surface area contributed by atoms with Gasteiger partial charge in [0, 0.05) is 23.1 Å². The van der Waals surface area contributed by atoms with Crippen LogP contribution in [0.3, 0.4) is 0 Å². The number of H-pyrrole nitrogens is 1. The van der Waals surface area contributed by atoms with Crippen LogP contribution in [0, 0.1) is 6.92 Å². The first kappa shape index (κ1) is 16.5. The molecule has 1 aromatic carbocycles. The van der Waals surface area contributed by atoms with E-state index in [1.807, 2.05) is 12.1 Å². The topological polar surface area (TPSA) is 65.6 Å². The van der Waals surface area contributed by atoms with Crippen LogP contribution in [0.5, 0.6) is 0 Å². The van der Waals surface area contributed by atoms with Crippen LogP contribution in [-0.4, -0.2) is 39.0 Å². The summed E-state index contributed by atoms with van der Waals surface area (Å²) in [6, 6.07) is 8.19. The maximum absolute atomic E-state index is 12.5. The Labute approximate surface area is 148 Å². The van der Waals surface area contributed by atoms with Gasteiger partial charge in [-0.25, -0.2) is 4.79 Å². The van der Waals surface area contributed by atoms with E-state index in [2.05, 4.69) is 24.0 Å². The average Bonchev–Trinajstić information content (AvgIpc) is 2.99. The third-order valence-corrected chi connectivity index (χ3v) is 6.17. The van der Waals surface area contributed by atoms with Crippen molar-refractivity contribution in [2.75, 3.05) is 6.54 Å². The Bertz CT molecular complexity index is 802. The SMILES string of the molecule is Cc1[nH]c2ccccc2c1CCN1C(=O)OC2(CCCCC2)[C@]1(C)O. The highest BCUT2D eigenvalue weighted by Gasteiger charge is 2.61. The van der Waals surface area contributed by atoms with Gasteiger partial charge in [-0.3, -0.25) is 4.90 Å². The van der Waals surface area contributed by atoms with Crippen molar-refractivity contribution in [2.24, 2.45) is 0 Å². The standard InChI is InChI=1S/C20H26N2O3/c1-14-15(16-8-4-5-9-17(16)21-14)10-13-22-18(23)25-20(19(22,2)24)11-6-3-7-12-20/h4-5,8-9,21,24H,3,6-7,10-13H2,1-2H3/t19-/m0/s1. The van der Waals surface area contributed by atoms with Crippen molar-refractivity contribution in [1.29, 1.82) is 0 Å². The predicted molar refractivity (Wildman–Crippen MR) is 96.4 cm³/mol. The number of nitrogens with zero attached hydrogens (tertiary/aromatic N) is 1. The van der Waals surface area contributed by atoms with Crippen LogP contribution in [-0.2, 0) is 11.2 Å². The van der Waals surface area contributed by atoms with E-state index in [-0.39, 0.29) is 6.09 Å². The summed E-state index contributed by atoms with van der Waals surface area (Å²) in [5.41, 5.74) is 1.43. The van der Waals surface area contributed by atoms with Gasteiger partial charge in [0.05, 0.1) is 0 Å². The zero-order chi connectivity index (χ0) is 17.7. The number of para-hydroxylation sites is 1. The molecule has 2 fully saturated rings. The van der Waals surface area contributed by atoms with Gasteiger partial charge in [0.2, 0.25) is 0 Å². The Morgan fingerprint density at radius 1 is 1.24 bits per heavy atom. The normalized spacial score (nSPS) is 25.7. The summed E-state index contributed by atoms with van der Waals surface area (Å²) >= 11 is 0. The van der Waals surface area contributed by atoms with Crippen molar-refractivity contribution in [2.45, 2.75) is 63.7 Å². The van der Waals surface area contributed by atoms with Gasteiger partial charge in [0.25, 0.3) is 0 Å².